The maximum absolute atomic E-state index is 12.6. The Bertz CT molecular complexity index is 966. The van der Waals surface area contributed by atoms with Crippen LogP contribution in [0.1, 0.15) is 30.0 Å². The molecule has 3 aromatic rings. The first kappa shape index (κ1) is 20.7. The molecule has 1 aliphatic rings. The van der Waals surface area contributed by atoms with E-state index in [4.69, 9.17) is 0 Å². The summed E-state index contributed by atoms with van der Waals surface area (Å²) in [5.41, 5.74) is 3.54. The second kappa shape index (κ2) is 9.96. The molecule has 2 heterocycles. The molecule has 0 aliphatic carbocycles. The van der Waals surface area contributed by atoms with Gasteiger partial charge < -0.3 is 5.32 Å². The van der Waals surface area contributed by atoms with Crippen molar-refractivity contribution >= 4 is 17.7 Å². The summed E-state index contributed by atoms with van der Waals surface area (Å²) in [5, 5.41) is 3.98. The smallest absolute Gasteiger partial charge is 0.230 e. The van der Waals surface area contributed by atoms with Crippen LogP contribution in [0.5, 0.6) is 0 Å². The molecule has 2 aromatic carbocycles. The van der Waals surface area contributed by atoms with Crippen molar-refractivity contribution in [2.75, 3.05) is 25.4 Å². The summed E-state index contributed by atoms with van der Waals surface area (Å²) in [6, 6.07) is 18.9. The van der Waals surface area contributed by atoms with Crippen LogP contribution >= 0.6 is 11.8 Å². The van der Waals surface area contributed by atoms with E-state index in [0.717, 1.165) is 23.9 Å². The van der Waals surface area contributed by atoms with Gasteiger partial charge in [0.15, 0.2) is 5.16 Å². The molecule has 4 rings (SSSR count). The summed E-state index contributed by atoms with van der Waals surface area (Å²) in [6.45, 7) is 4.91. The van der Waals surface area contributed by atoms with E-state index in [0.29, 0.717) is 12.3 Å². The lowest BCUT2D eigenvalue weighted by Crippen LogP contribution is -2.37. The van der Waals surface area contributed by atoms with E-state index in [2.05, 4.69) is 58.5 Å². The summed E-state index contributed by atoms with van der Waals surface area (Å²) in [7, 11) is 0. The number of amides is 1. The number of rotatable bonds is 8. The lowest BCUT2D eigenvalue weighted by Gasteiger charge is -2.28. The Kier molecular flexibility index (Phi) is 6.87. The van der Waals surface area contributed by atoms with E-state index in [1.807, 2.05) is 29.0 Å². The van der Waals surface area contributed by atoms with Gasteiger partial charge in [-0.05, 0) is 50.0 Å². The van der Waals surface area contributed by atoms with Crippen molar-refractivity contribution in [3.63, 3.8) is 0 Å². The first-order chi connectivity index (χ1) is 14.7. The molecule has 1 unspecified atom stereocenters. The molecule has 1 N–H and O–H groups in total. The van der Waals surface area contributed by atoms with Crippen molar-refractivity contribution in [1.82, 2.24) is 19.8 Å². The number of aryl methyl sites for hydroxylation is 1. The number of thioether (sulfide) groups is 1. The number of imidazole rings is 1. The van der Waals surface area contributed by atoms with Gasteiger partial charge in [-0.2, -0.15) is 0 Å². The van der Waals surface area contributed by atoms with Gasteiger partial charge in [0, 0.05) is 18.9 Å². The number of hydrogen-bond donors (Lipinski definition) is 1. The summed E-state index contributed by atoms with van der Waals surface area (Å²) in [4.78, 5) is 19.5. The third-order valence-corrected chi connectivity index (χ3v) is 6.54. The highest BCUT2D eigenvalue weighted by atomic mass is 32.2. The zero-order valence-corrected chi connectivity index (χ0v) is 18.1. The fourth-order valence-electron chi connectivity index (χ4n) is 3.99. The van der Waals surface area contributed by atoms with Crippen LogP contribution in [0.4, 0.5) is 0 Å². The zero-order valence-electron chi connectivity index (χ0n) is 17.3. The largest absolute Gasteiger partial charge is 0.353 e. The van der Waals surface area contributed by atoms with Gasteiger partial charge in [-0.15, -0.1) is 0 Å². The number of hydrogen-bond acceptors (Lipinski definition) is 4. The van der Waals surface area contributed by atoms with Crippen molar-refractivity contribution in [2.24, 2.45) is 0 Å². The molecule has 0 radical (unpaired) electrons. The molecule has 1 aromatic heterocycles. The highest BCUT2D eigenvalue weighted by Gasteiger charge is 2.23. The topological polar surface area (TPSA) is 50.2 Å². The number of aromatic nitrogens is 2. The standard InChI is InChI=1S/C24H28N4OS/c1-19-9-5-6-12-21(19)28-16-13-25-24(28)30-18-23(29)26-17-22(27-14-7-8-15-27)20-10-3-2-4-11-20/h2-6,9-13,16,22H,7-8,14-15,17-18H2,1H3,(H,26,29). The fraction of sp³-hybridized carbons (Fsp3) is 0.333. The highest BCUT2D eigenvalue weighted by Crippen LogP contribution is 2.25. The van der Waals surface area contributed by atoms with E-state index in [-0.39, 0.29) is 11.9 Å². The minimum absolute atomic E-state index is 0.0412. The molecule has 5 nitrogen and oxygen atoms in total. The quantitative estimate of drug-likeness (QED) is 0.554. The number of likely N-dealkylation sites (tertiary alicyclic amines) is 1. The van der Waals surface area contributed by atoms with Gasteiger partial charge in [-0.1, -0.05) is 60.3 Å². The van der Waals surface area contributed by atoms with Crippen molar-refractivity contribution in [2.45, 2.75) is 31.0 Å². The highest BCUT2D eigenvalue weighted by molar-refractivity contribution is 7.99. The number of nitrogens with zero attached hydrogens (tertiary/aromatic N) is 3. The summed E-state index contributed by atoms with van der Waals surface area (Å²) < 4.78 is 2.05. The number of benzene rings is 2. The molecule has 1 saturated heterocycles. The molecule has 0 bridgehead atoms. The molecule has 1 atom stereocenters. The van der Waals surface area contributed by atoms with Gasteiger partial charge in [0.1, 0.15) is 0 Å². The van der Waals surface area contributed by atoms with E-state index in [9.17, 15) is 4.79 Å². The first-order valence-electron chi connectivity index (χ1n) is 10.5. The Balaban J connectivity index is 1.36. The Hall–Kier alpha value is -2.57. The summed E-state index contributed by atoms with van der Waals surface area (Å²) in [5.74, 6) is 0.393. The van der Waals surface area contributed by atoms with Crippen LogP contribution in [0.15, 0.2) is 72.1 Å². The Morgan fingerprint density at radius 1 is 1.10 bits per heavy atom. The molecular formula is C24H28N4OS. The van der Waals surface area contributed by atoms with Crippen molar-refractivity contribution in [3.05, 3.63) is 78.1 Å². The van der Waals surface area contributed by atoms with Crippen LogP contribution in [-0.4, -0.2) is 45.7 Å². The molecule has 1 aliphatic heterocycles. The van der Waals surface area contributed by atoms with Crippen LogP contribution in [0.25, 0.3) is 5.69 Å². The second-order valence-electron chi connectivity index (χ2n) is 7.63. The molecular weight excluding hydrogens is 392 g/mol. The Labute approximate surface area is 182 Å². The molecule has 1 fully saturated rings. The molecule has 0 spiro atoms. The predicted octanol–water partition coefficient (Wildman–Crippen LogP) is 4.23. The van der Waals surface area contributed by atoms with Crippen LogP contribution in [-0.2, 0) is 4.79 Å². The lowest BCUT2D eigenvalue weighted by atomic mass is 10.1. The number of para-hydroxylation sites is 1. The minimum atomic E-state index is 0.0412. The Morgan fingerprint density at radius 2 is 1.83 bits per heavy atom. The third-order valence-electron chi connectivity index (χ3n) is 5.57. The lowest BCUT2D eigenvalue weighted by molar-refractivity contribution is -0.118. The summed E-state index contributed by atoms with van der Waals surface area (Å²) >= 11 is 1.47. The summed E-state index contributed by atoms with van der Waals surface area (Å²) in [6.07, 6.45) is 6.19. The second-order valence-corrected chi connectivity index (χ2v) is 8.57. The average Bonchev–Trinajstić information content (AvgIpc) is 3.46. The van der Waals surface area contributed by atoms with E-state index in [1.165, 1.54) is 35.7 Å². The number of carbonyl (C=O) groups is 1. The van der Waals surface area contributed by atoms with Crippen molar-refractivity contribution in [3.8, 4) is 5.69 Å². The van der Waals surface area contributed by atoms with Crippen LogP contribution in [0, 0.1) is 6.92 Å². The minimum Gasteiger partial charge on any atom is -0.353 e. The first-order valence-corrected chi connectivity index (χ1v) is 11.5. The third kappa shape index (κ3) is 4.94. The van der Waals surface area contributed by atoms with Gasteiger partial charge in [0.05, 0.1) is 17.5 Å². The van der Waals surface area contributed by atoms with E-state index in [1.54, 1.807) is 6.20 Å². The maximum Gasteiger partial charge on any atom is 0.230 e. The molecule has 0 saturated carbocycles. The van der Waals surface area contributed by atoms with Gasteiger partial charge in [-0.3, -0.25) is 14.3 Å². The SMILES string of the molecule is Cc1ccccc1-n1ccnc1SCC(=O)NCC(c1ccccc1)N1CCCC1. The van der Waals surface area contributed by atoms with Gasteiger partial charge in [0.25, 0.3) is 0 Å². The molecule has 6 heteroatoms. The van der Waals surface area contributed by atoms with Crippen molar-refractivity contribution in [1.29, 1.82) is 0 Å². The van der Waals surface area contributed by atoms with Crippen molar-refractivity contribution < 1.29 is 4.79 Å². The van der Waals surface area contributed by atoms with Gasteiger partial charge in [-0.25, -0.2) is 4.98 Å². The number of nitrogens with one attached hydrogen (secondary N) is 1. The van der Waals surface area contributed by atoms with Crippen LogP contribution < -0.4 is 5.32 Å². The van der Waals surface area contributed by atoms with Crippen LogP contribution in [0.2, 0.25) is 0 Å². The van der Waals surface area contributed by atoms with Crippen LogP contribution in [0.3, 0.4) is 0 Å². The number of carbonyl (C=O) groups excluding carboxylic acids is 1. The molecule has 30 heavy (non-hydrogen) atoms. The monoisotopic (exact) mass is 420 g/mol. The fourth-order valence-corrected chi connectivity index (χ4v) is 4.79. The maximum atomic E-state index is 12.6. The average molecular weight is 421 g/mol. The van der Waals surface area contributed by atoms with E-state index >= 15 is 0 Å². The predicted molar refractivity (Wildman–Crippen MR) is 122 cm³/mol. The van der Waals surface area contributed by atoms with Gasteiger partial charge in [0.2, 0.25) is 5.91 Å². The molecule has 156 valence electrons. The van der Waals surface area contributed by atoms with E-state index < -0.39 is 0 Å². The molecule has 1 amide bonds. The zero-order chi connectivity index (χ0) is 20.8. The van der Waals surface area contributed by atoms with Gasteiger partial charge >= 0.3 is 0 Å². The normalized spacial score (nSPS) is 15.2. The Morgan fingerprint density at radius 3 is 2.60 bits per heavy atom.